The van der Waals surface area contributed by atoms with Gasteiger partial charge in [0, 0.05) is 30.8 Å². The Morgan fingerprint density at radius 2 is 1.83 bits per heavy atom. The highest BCUT2D eigenvalue weighted by Crippen LogP contribution is 2.29. The van der Waals surface area contributed by atoms with Crippen LogP contribution in [0.2, 0.25) is 0 Å². The molecule has 2 N–H and O–H groups in total. The Bertz CT molecular complexity index is 999. The second-order valence-electron chi connectivity index (χ2n) is 7.34. The van der Waals surface area contributed by atoms with Crippen LogP contribution in [0.5, 0.6) is 0 Å². The van der Waals surface area contributed by atoms with Crippen LogP contribution in [0.3, 0.4) is 0 Å². The van der Waals surface area contributed by atoms with Gasteiger partial charge in [0.2, 0.25) is 0 Å². The zero-order chi connectivity index (χ0) is 21.1. The van der Waals surface area contributed by atoms with E-state index in [1.807, 2.05) is 36.4 Å². The Hall–Kier alpha value is -3.29. The lowest BCUT2D eigenvalue weighted by atomic mass is 10.0. The van der Waals surface area contributed by atoms with Crippen molar-refractivity contribution in [2.45, 2.75) is 25.1 Å². The number of piperidine rings is 1. The average Bonchev–Trinajstić information content (AvgIpc) is 3.24. The number of amides is 1. The molecule has 1 aliphatic rings. The van der Waals surface area contributed by atoms with E-state index in [4.69, 9.17) is 0 Å². The molecule has 2 aromatic carbocycles. The van der Waals surface area contributed by atoms with Crippen molar-refractivity contribution in [3.05, 3.63) is 71.8 Å². The molecule has 2 heterocycles. The lowest BCUT2D eigenvalue weighted by Gasteiger charge is -2.33. The molecule has 0 aliphatic carbocycles. The molecule has 0 radical (unpaired) electrons. The fraction of sp³-hybridized carbons (Fsp3) is 0.273. The molecule has 0 saturated carbocycles. The van der Waals surface area contributed by atoms with E-state index in [0.29, 0.717) is 6.54 Å². The molecule has 1 fully saturated rings. The lowest BCUT2D eigenvalue weighted by Crippen LogP contribution is -2.48. The third-order valence-electron chi connectivity index (χ3n) is 5.20. The minimum atomic E-state index is -4.42. The number of hydrogen-bond acceptors (Lipinski definition) is 3. The minimum absolute atomic E-state index is 0.106. The van der Waals surface area contributed by atoms with E-state index in [-0.39, 0.29) is 17.5 Å². The summed E-state index contributed by atoms with van der Waals surface area (Å²) >= 11 is 0. The standard InChI is InChI=1S/C22H21F3N4O/c23-22(24,25)17-10-8-16(9-11-17)21(30)26-18-7-4-12-29(14-18)20-13-19(27-28-20)15-5-2-1-3-6-15/h1-3,5-6,8-11,13,18H,4,7,12,14H2,(H,26,30)(H,27,28)/t18-/m0/s1. The summed E-state index contributed by atoms with van der Waals surface area (Å²) in [4.78, 5) is 14.6. The predicted octanol–water partition coefficient (Wildman–Crippen LogP) is 4.49. The molecular weight excluding hydrogens is 393 g/mol. The summed E-state index contributed by atoms with van der Waals surface area (Å²) in [6.07, 6.45) is -2.73. The van der Waals surface area contributed by atoms with Gasteiger partial charge in [-0.25, -0.2) is 0 Å². The third kappa shape index (κ3) is 4.48. The molecule has 0 bridgehead atoms. The van der Waals surface area contributed by atoms with Crippen molar-refractivity contribution in [3.63, 3.8) is 0 Å². The minimum Gasteiger partial charge on any atom is -0.353 e. The van der Waals surface area contributed by atoms with Gasteiger partial charge in [0.15, 0.2) is 5.82 Å². The van der Waals surface area contributed by atoms with Gasteiger partial charge in [-0.05, 0) is 42.7 Å². The number of rotatable bonds is 4. The van der Waals surface area contributed by atoms with Gasteiger partial charge in [-0.1, -0.05) is 30.3 Å². The zero-order valence-corrected chi connectivity index (χ0v) is 16.1. The molecule has 5 nitrogen and oxygen atoms in total. The summed E-state index contributed by atoms with van der Waals surface area (Å²) < 4.78 is 38.1. The smallest absolute Gasteiger partial charge is 0.353 e. The van der Waals surface area contributed by atoms with Gasteiger partial charge in [0.25, 0.3) is 5.91 Å². The molecular formula is C22H21F3N4O. The predicted molar refractivity (Wildman–Crippen MR) is 108 cm³/mol. The first kappa shape index (κ1) is 20.0. The van der Waals surface area contributed by atoms with Crippen LogP contribution in [0.4, 0.5) is 19.0 Å². The van der Waals surface area contributed by atoms with E-state index in [9.17, 15) is 18.0 Å². The SMILES string of the molecule is O=C(N[C@H]1CCCN(c2cc(-c3ccccc3)[nH]n2)C1)c1ccc(C(F)(F)F)cc1. The Kier molecular flexibility index (Phi) is 5.48. The fourth-order valence-corrected chi connectivity index (χ4v) is 3.62. The number of anilines is 1. The summed E-state index contributed by atoms with van der Waals surface area (Å²) in [7, 11) is 0. The van der Waals surface area contributed by atoms with E-state index < -0.39 is 11.7 Å². The maximum atomic E-state index is 12.7. The van der Waals surface area contributed by atoms with Crippen molar-refractivity contribution in [1.29, 1.82) is 0 Å². The highest BCUT2D eigenvalue weighted by molar-refractivity contribution is 5.94. The molecule has 1 aliphatic heterocycles. The molecule has 1 amide bonds. The molecule has 156 valence electrons. The van der Waals surface area contributed by atoms with Crippen LogP contribution in [0, 0.1) is 0 Å². The van der Waals surface area contributed by atoms with Crippen LogP contribution < -0.4 is 10.2 Å². The largest absolute Gasteiger partial charge is 0.416 e. The van der Waals surface area contributed by atoms with Gasteiger partial charge < -0.3 is 10.2 Å². The number of halogens is 3. The third-order valence-corrected chi connectivity index (χ3v) is 5.20. The Morgan fingerprint density at radius 1 is 1.10 bits per heavy atom. The van der Waals surface area contributed by atoms with Crippen LogP contribution in [0.15, 0.2) is 60.7 Å². The van der Waals surface area contributed by atoms with Gasteiger partial charge in [0.05, 0.1) is 11.3 Å². The molecule has 4 rings (SSSR count). The van der Waals surface area contributed by atoms with Gasteiger partial charge >= 0.3 is 6.18 Å². The Morgan fingerprint density at radius 3 is 2.53 bits per heavy atom. The fourth-order valence-electron chi connectivity index (χ4n) is 3.62. The normalized spacial score (nSPS) is 17.0. The van der Waals surface area contributed by atoms with E-state index in [2.05, 4.69) is 20.4 Å². The zero-order valence-electron chi connectivity index (χ0n) is 16.1. The monoisotopic (exact) mass is 414 g/mol. The van der Waals surface area contributed by atoms with Crippen molar-refractivity contribution in [3.8, 4) is 11.3 Å². The van der Waals surface area contributed by atoms with Crippen LogP contribution in [-0.2, 0) is 6.18 Å². The number of hydrogen-bond donors (Lipinski definition) is 2. The molecule has 0 spiro atoms. The first-order valence-electron chi connectivity index (χ1n) is 9.74. The van der Waals surface area contributed by atoms with Gasteiger partial charge in [-0.15, -0.1) is 0 Å². The number of nitrogens with one attached hydrogen (secondary N) is 2. The highest BCUT2D eigenvalue weighted by Gasteiger charge is 2.30. The van der Waals surface area contributed by atoms with Crippen LogP contribution in [-0.4, -0.2) is 35.2 Å². The Balaban J connectivity index is 1.39. The van der Waals surface area contributed by atoms with Crippen molar-refractivity contribution in [1.82, 2.24) is 15.5 Å². The second-order valence-corrected chi connectivity index (χ2v) is 7.34. The number of aromatic amines is 1. The molecule has 30 heavy (non-hydrogen) atoms. The first-order chi connectivity index (χ1) is 14.4. The van der Waals surface area contributed by atoms with Crippen molar-refractivity contribution in [2.24, 2.45) is 0 Å². The molecule has 8 heteroatoms. The van der Waals surface area contributed by atoms with Crippen LogP contribution in [0.25, 0.3) is 11.3 Å². The summed E-state index contributed by atoms with van der Waals surface area (Å²) in [6, 6.07) is 16.0. The number of carbonyl (C=O) groups excluding carboxylic acids is 1. The summed E-state index contributed by atoms with van der Waals surface area (Å²) in [5, 5.41) is 10.4. The van der Waals surface area contributed by atoms with E-state index in [0.717, 1.165) is 48.6 Å². The average molecular weight is 414 g/mol. The molecule has 1 saturated heterocycles. The van der Waals surface area contributed by atoms with Crippen molar-refractivity contribution >= 4 is 11.7 Å². The second kappa shape index (κ2) is 8.22. The van der Waals surface area contributed by atoms with E-state index >= 15 is 0 Å². The topological polar surface area (TPSA) is 61.0 Å². The summed E-state index contributed by atoms with van der Waals surface area (Å²) in [6.45, 7) is 1.41. The number of H-pyrrole nitrogens is 1. The lowest BCUT2D eigenvalue weighted by molar-refractivity contribution is -0.137. The van der Waals surface area contributed by atoms with Crippen LogP contribution in [0.1, 0.15) is 28.8 Å². The number of nitrogens with zero attached hydrogens (tertiary/aromatic N) is 2. The van der Waals surface area contributed by atoms with Gasteiger partial charge in [-0.2, -0.15) is 18.3 Å². The highest BCUT2D eigenvalue weighted by atomic mass is 19.4. The summed E-state index contributed by atoms with van der Waals surface area (Å²) in [5.74, 6) is 0.435. The molecule has 1 atom stereocenters. The maximum Gasteiger partial charge on any atom is 0.416 e. The van der Waals surface area contributed by atoms with Gasteiger partial charge in [0.1, 0.15) is 0 Å². The molecule has 0 unspecified atom stereocenters. The van der Waals surface area contributed by atoms with E-state index in [1.54, 1.807) is 0 Å². The van der Waals surface area contributed by atoms with E-state index in [1.165, 1.54) is 12.1 Å². The molecule has 1 aromatic heterocycles. The quantitative estimate of drug-likeness (QED) is 0.661. The van der Waals surface area contributed by atoms with Crippen LogP contribution >= 0.6 is 0 Å². The van der Waals surface area contributed by atoms with Crippen molar-refractivity contribution < 1.29 is 18.0 Å². The number of carbonyl (C=O) groups is 1. The first-order valence-corrected chi connectivity index (χ1v) is 9.74. The molecule has 3 aromatic rings. The van der Waals surface area contributed by atoms with Crippen molar-refractivity contribution in [2.75, 3.05) is 18.0 Å². The Labute approximate surface area is 171 Å². The number of alkyl halides is 3. The van der Waals surface area contributed by atoms with Gasteiger partial charge in [-0.3, -0.25) is 9.89 Å². The summed E-state index contributed by atoms with van der Waals surface area (Å²) in [5.41, 5.74) is 1.41. The maximum absolute atomic E-state index is 12.7. The number of aromatic nitrogens is 2. The number of benzene rings is 2.